The van der Waals surface area contributed by atoms with Gasteiger partial charge in [-0.15, -0.1) is 0 Å². The molecule has 0 radical (unpaired) electrons. The van der Waals surface area contributed by atoms with Gasteiger partial charge in [-0.2, -0.15) is 0 Å². The second-order valence-corrected chi connectivity index (χ2v) is 14.4. The number of hydrogen-bond donors (Lipinski definition) is 1. The molecule has 4 fully saturated rings. The van der Waals surface area contributed by atoms with E-state index in [1.807, 2.05) is 19.1 Å². The van der Waals surface area contributed by atoms with Gasteiger partial charge in [-0.25, -0.2) is 0 Å². The summed E-state index contributed by atoms with van der Waals surface area (Å²) in [6.45, 7) is 10.6. The number of allylic oxidation sites excluding steroid dienone is 1. The van der Waals surface area contributed by atoms with Crippen LogP contribution in [0.3, 0.4) is 0 Å². The summed E-state index contributed by atoms with van der Waals surface area (Å²) in [7, 11) is 3.37. The highest BCUT2D eigenvalue weighted by Crippen LogP contribution is 2.82. The fourth-order valence-electron chi connectivity index (χ4n) is 10.4. The number of benzene rings is 1. The Labute approximate surface area is 256 Å². The zero-order valence-electron chi connectivity index (χ0n) is 26.6. The van der Waals surface area contributed by atoms with Gasteiger partial charge in [-0.05, 0) is 73.5 Å². The van der Waals surface area contributed by atoms with Crippen molar-refractivity contribution in [1.29, 1.82) is 0 Å². The van der Waals surface area contributed by atoms with Gasteiger partial charge in [-0.3, -0.25) is 9.69 Å². The number of hydrogen-bond acceptors (Lipinski definition) is 7. The van der Waals surface area contributed by atoms with Gasteiger partial charge in [0.2, 0.25) is 0 Å². The maximum absolute atomic E-state index is 13.8. The van der Waals surface area contributed by atoms with E-state index in [4.69, 9.17) is 18.9 Å². The Bertz CT molecular complexity index is 1250. The molecule has 1 aromatic carbocycles. The minimum absolute atomic E-state index is 0.00525. The SMILES string of the molecule is COc1ccc(CN2C[C@H](OCC34C[C@@H]5[C@H](C)CC[C@H]5C5(C=O)CC3C=C(C(C)C)C45C(=O)O)O[C@H](C)[C@@H](OC)C2)cc1. The number of carbonyl (C=O) groups is 2. The van der Waals surface area contributed by atoms with Gasteiger partial charge in [0.25, 0.3) is 0 Å². The van der Waals surface area contributed by atoms with E-state index in [2.05, 4.69) is 43.9 Å². The van der Waals surface area contributed by atoms with Crippen molar-refractivity contribution in [2.24, 2.45) is 45.8 Å². The molecule has 43 heavy (non-hydrogen) atoms. The molecule has 3 saturated carbocycles. The molecule has 0 aromatic heterocycles. The summed E-state index contributed by atoms with van der Waals surface area (Å²) in [5.74, 6) is 0.889. The van der Waals surface area contributed by atoms with Crippen LogP contribution in [0, 0.1) is 45.8 Å². The Hall–Kier alpha value is -2.26. The lowest BCUT2D eigenvalue weighted by Crippen LogP contribution is -2.63. The summed E-state index contributed by atoms with van der Waals surface area (Å²) in [5, 5.41) is 11.3. The monoisotopic (exact) mass is 595 g/mol. The molecule has 4 unspecified atom stereocenters. The molecule has 1 saturated heterocycles. The van der Waals surface area contributed by atoms with Crippen molar-refractivity contribution < 1.29 is 33.6 Å². The smallest absolute Gasteiger partial charge is 0.315 e. The number of carboxylic acids is 1. The fourth-order valence-corrected chi connectivity index (χ4v) is 10.4. The third-order valence-corrected chi connectivity index (χ3v) is 12.3. The molecule has 8 heteroatoms. The van der Waals surface area contributed by atoms with Crippen LogP contribution in [0.5, 0.6) is 5.75 Å². The van der Waals surface area contributed by atoms with E-state index in [1.165, 1.54) is 0 Å². The predicted octanol–water partition coefficient (Wildman–Crippen LogP) is 5.20. The maximum atomic E-state index is 13.8. The molecule has 0 spiro atoms. The number of carbonyl (C=O) groups excluding carboxylic acids is 1. The van der Waals surface area contributed by atoms with Crippen molar-refractivity contribution in [2.45, 2.75) is 78.4 Å². The van der Waals surface area contributed by atoms with Crippen LogP contribution in [0.2, 0.25) is 0 Å². The molecular weight excluding hydrogens is 546 g/mol. The lowest BCUT2D eigenvalue weighted by atomic mass is 9.43. The third kappa shape index (κ3) is 4.38. The first kappa shape index (κ1) is 30.8. The predicted molar refractivity (Wildman–Crippen MR) is 161 cm³/mol. The van der Waals surface area contributed by atoms with Crippen LogP contribution in [0.25, 0.3) is 0 Å². The van der Waals surface area contributed by atoms with Gasteiger partial charge in [0.15, 0.2) is 6.29 Å². The molecule has 1 aliphatic heterocycles. The molecule has 5 aliphatic rings. The summed E-state index contributed by atoms with van der Waals surface area (Å²) in [6.07, 6.45) is 5.76. The van der Waals surface area contributed by atoms with Crippen molar-refractivity contribution in [3.8, 4) is 5.75 Å². The molecule has 236 valence electrons. The molecular formula is C35H49NO7. The molecule has 10 atom stereocenters. The van der Waals surface area contributed by atoms with Crippen molar-refractivity contribution in [3.05, 3.63) is 41.5 Å². The minimum atomic E-state index is -1.25. The first-order chi connectivity index (χ1) is 20.6. The summed E-state index contributed by atoms with van der Waals surface area (Å²) in [5.41, 5.74) is -0.745. The van der Waals surface area contributed by atoms with Gasteiger partial charge in [0, 0.05) is 32.2 Å². The Morgan fingerprint density at radius 1 is 1.14 bits per heavy atom. The Kier molecular flexibility index (Phi) is 8.06. The first-order valence-corrected chi connectivity index (χ1v) is 16.1. The first-order valence-electron chi connectivity index (χ1n) is 16.1. The van der Waals surface area contributed by atoms with Gasteiger partial charge in [0.05, 0.1) is 31.3 Å². The highest BCUT2D eigenvalue weighted by atomic mass is 16.7. The largest absolute Gasteiger partial charge is 0.497 e. The minimum Gasteiger partial charge on any atom is -0.497 e. The molecule has 1 aromatic rings. The van der Waals surface area contributed by atoms with Gasteiger partial charge < -0.3 is 28.8 Å². The molecule has 0 amide bonds. The molecule has 6 rings (SSSR count). The summed E-state index contributed by atoms with van der Waals surface area (Å²) in [6, 6.07) is 8.06. The average Bonchev–Trinajstić information content (AvgIpc) is 3.51. The number of rotatable bonds is 10. The lowest BCUT2D eigenvalue weighted by molar-refractivity contribution is -0.220. The quantitative estimate of drug-likeness (QED) is 0.292. The second-order valence-electron chi connectivity index (χ2n) is 14.4. The van der Waals surface area contributed by atoms with Crippen LogP contribution in [0.15, 0.2) is 35.9 Å². The zero-order valence-corrected chi connectivity index (χ0v) is 26.6. The summed E-state index contributed by atoms with van der Waals surface area (Å²) in [4.78, 5) is 29.4. The summed E-state index contributed by atoms with van der Waals surface area (Å²) < 4.78 is 24.4. The van der Waals surface area contributed by atoms with E-state index < -0.39 is 28.5 Å². The van der Waals surface area contributed by atoms with Crippen molar-refractivity contribution in [2.75, 3.05) is 33.9 Å². The van der Waals surface area contributed by atoms with Crippen LogP contribution in [0.4, 0.5) is 0 Å². The van der Waals surface area contributed by atoms with Crippen molar-refractivity contribution in [1.82, 2.24) is 4.90 Å². The van der Waals surface area contributed by atoms with E-state index in [0.29, 0.717) is 37.9 Å². The second kappa shape index (κ2) is 11.3. The van der Waals surface area contributed by atoms with E-state index >= 15 is 0 Å². The maximum Gasteiger partial charge on any atom is 0.315 e. The molecule has 8 nitrogen and oxygen atoms in total. The topological polar surface area (TPSA) is 94.5 Å². The fraction of sp³-hybridized carbons (Fsp3) is 0.714. The number of aliphatic carboxylic acids is 1. The van der Waals surface area contributed by atoms with Crippen molar-refractivity contribution in [3.63, 3.8) is 0 Å². The Balaban J connectivity index is 1.32. The van der Waals surface area contributed by atoms with E-state index in [9.17, 15) is 14.7 Å². The van der Waals surface area contributed by atoms with Crippen molar-refractivity contribution >= 4 is 12.3 Å². The number of nitrogens with zero attached hydrogens (tertiary/aromatic N) is 1. The van der Waals surface area contributed by atoms with Crippen LogP contribution < -0.4 is 4.74 Å². The van der Waals surface area contributed by atoms with Gasteiger partial charge in [-0.1, -0.05) is 51.0 Å². The zero-order chi connectivity index (χ0) is 30.7. The van der Waals surface area contributed by atoms with E-state index in [0.717, 1.165) is 42.4 Å². The highest BCUT2D eigenvalue weighted by molar-refractivity contribution is 5.90. The lowest BCUT2D eigenvalue weighted by Gasteiger charge is -2.58. The standard InChI is InChI=1S/C35H49NO7/c1-21(2)29-13-25-14-33(19-37)28-12-7-22(3)27(28)15-34(25,35(29,33)32(38)39)20-42-31-18-36(17-30(41-6)23(4)43-31)16-24-8-10-26(40-5)11-9-24/h8-11,13,19,21-23,25,27-28,30-31H,7,12,14-18,20H2,1-6H3,(H,38,39)/t22-,23-,25?,27-,28-,30+,31-,33?,34?,35?/m1/s1. The van der Waals surface area contributed by atoms with Gasteiger partial charge >= 0.3 is 5.97 Å². The Morgan fingerprint density at radius 3 is 2.51 bits per heavy atom. The number of ether oxygens (including phenoxy) is 4. The van der Waals surface area contributed by atoms with Crippen LogP contribution >= 0.6 is 0 Å². The van der Waals surface area contributed by atoms with E-state index in [-0.39, 0.29) is 36.6 Å². The molecule has 4 bridgehead atoms. The van der Waals surface area contributed by atoms with E-state index in [1.54, 1.807) is 14.2 Å². The Morgan fingerprint density at radius 2 is 1.88 bits per heavy atom. The number of methoxy groups -OCH3 is 2. The summed E-state index contributed by atoms with van der Waals surface area (Å²) >= 11 is 0. The number of fused-ring (bicyclic) bond motifs is 2. The molecule has 1 heterocycles. The van der Waals surface area contributed by atoms with Crippen LogP contribution in [-0.4, -0.2) is 74.7 Å². The highest BCUT2D eigenvalue weighted by Gasteiger charge is 2.84. The average molecular weight is 596 g/mol. The van der Waals surface area contributed by atoms with Gasteiger partial charge in [0.1, 0.15) is 17.5 Å². The number of carboxylic acid groups (broad SMARTS) is 1. The molecule has 4 aliphatic carbocycles. The normalized spacial score (nSPS) is 42.0. The third-order valence-electron chi connectivity index (χ3n) is 12.3. The van der Waals surface area contributed by atoms with Crippen LogP contribution in [0.1, 0.15) is 58.9 Å². The number of aldehydes is 1. The van der Waals surface area contributed by atoms with Crippen LogP contribution in [-0.2, 0) is 30.3 Å². The molecule has 1 N–H and O–H groups in total.